The Labute approximate surface area is 177 Å². The van der Waals surface area contributed by atoms with Crippen LogP contribution in [0.5, 0.6) is 5.75 Å². The average molecular weight is 408 g/mol. The molecule has 4 aromatic carbocycles. The van der Waals surface area contributed by atoms with Crippen molar-refractivity contribution in [3.8, 4) is 5.75 Å². The van der Waals surface area contributed by atoms with Crippen molar-refractivity contribution in [3.63, 3.8) is 0 Å². The summed E-state index contributed by atoms with van der Waals surface area (Å²) in [6.45, 7) is 0. The Morgan fingerprint density at radius 3 is 2.32 bits per heavy atom. The first-order valence-corrected chi connectivity index (χ1v) is 9.71. The Hall–Kier alpha value is -4.32. The summed E-state index contributed by atoms with van der Waals surface area (Å²) in [6, 6.07) is 24.5. The third-order valence-corrected chi connectivity index (χ3v) is 5.52. The van der Waals surface area contributed by atoms with Crippen molar-refractivity contribution in [2.45, 2.75) is 5.92 Å². The summed E-state index contributed by atoms with van der Waals surface area (Å²) in [5.74, 6) is -0.942. The van der Waals surface area contributed by atoms with E-state index in [0.29, 0.717) is 16.8 Å². The largest absolute Gasteiger partial charge is 0.506 e. The first-order valence-electron chi connectivity index (χ1n) is 9.71. The van der Waals surface area contributed by atoms with Gasteiger partial charge in [-0.25, -0.2) is 4.99 Å². The number of hydrogen-bond acceptors (Lipinski definition) is 5. The summed E-state index contributed by atoms with van der Waals surface area (Å²) in [4.78, 5) is 28.6. The highest BCUT2D eigenvalue weighted by molar-refractivity contribution is 6.32. The number of rotatable bonds is 3. The van der Waals surface area contributed by atoms with E-state index in [2.05, 4.69) is 4.99 Å². The summed E-state index contributed by atoms with van der Waals surface area (Å²) in [5.41, 5.74) is 2.33. The van der Waals surface area contributed by atoms with Crippen LogP contribution < -0.4 is 0 Å². The van der Waals surface area contributed by atoms with Crippen molar-refractivity contribution in [1.29, 1.82) is 0 Å². The van der Waals surface area contributed by atoms with Gasteiger partial charge in [0.1, 0.15) is 11.4 Å². The minimum atomic E-state index is -0.666. The molecule has 150 valence electrons. The molecule has 0 bridgehead atoms. The Bertz CT molecular complexity index is 1410. The van der Waals surface area contributed by atoms with Gasteiger partial charge < -0.3 is 5.11 Å². The molecule has 1 atom stereocenters. The number of ketones is 1. The number of benzene rings is 4. The molecular formula is C25H16N2O4. The van der Waals surface area contributed by atoms with E-state index in [0.717, 1.165) is 16.3 Å². The quantitative estimate of drug-likeness (QED) is 0.355. The monoisotopic (exact) mass is 408 g/mol. The van der Waals surface area contributed by atoms with E-state index < -0.39 is 10.8 Å². The van der Waals surface area contributed by atoms with E-state index in [-0.39, 0.29) is 22.9 Å². The fourth-order valence-electron chi connectivity index (χ4n) is 4.02. The van der Waals surface area contributed by atoms with Crippen molar-refractivity contribution in [1.82, 2.24) is 0 Å². The van der Waals surface area contributed by atoms with E-state index >= 15 is 0 Å². The number of aromatic hydroxyl groups is 1. The second-order valence-electron chi connectivity index (χ2n) is 7.38. The zero-order chi connectivity index (χ0) is 21.5. The van der Waals surface area contributed by atoms with Gasteiger partial charge in [0.2, 0.25) is 0 Å². The number of carbonyl (C=O) groups is 1. The fraction of sp³-hybridized carbons (Fsp3) is 0.0400. The van der Waals surface area contributed by atoms with Crippen LogP contribution in [0, 0.1) is 10.1 Å². The normalized spacial score (nSPS) is 16.6. The molecule has 0 saturated heterocycles. The lowest BCUT2D eigenvalue weighted by Crippen LogP contribution is -2.13. The molecule has 0 amide bonds. The summed E-state index contributed by atoms with van der Waals surface area (Å²) in [7, 11) is 0. The molecule has 0 heterocycles. The molecule has 0 radical (unpaired) electrons. The number of phenols is 1. The summed E-state index contributed by atoms with van der Waals surface area (Å²) < 4.78 is 0. The lowest BCUT2D eigenvalue weighted by molar-refractivity contribution is -0.384. The molecule has 6 heteroatoms. The molecule has 0 saturated carbocycles. The second kappa shape index (κ2) is 7.18. The molecule has 1 N–H and O–H groups in total. The fourth-order valence-corrected chi connectivity index (χ4v) is 4.02. The third-order valence-electron chi connectivity index (χ3n) is 5.52. The van der Waals surface area contributed by atoms with Gasteiger partial charge in [-0.2, -0.15) is 0 Å². The van der Waals surface area contributed by atoms with Crippen LogP contribution in [0.15, 0.2) is 89.9 Å². The Kier molecular flexibility index (Phi) is 4.33. The summed E-state index contributed by atoms with van der Waals surface area (Å²) in [6.07, 6.45) is 0. The average Bonchev–Trinajstić information content (AvgIpc) is 3.06. The van der Waals surface area contributed by atoms with Crippen molar-refractivity contribution in [2.75, 3.05) is 0 Å². The van der Waals surface area contributed by atoms with Gasteiger partial charge in [0.25, 0.3) is 5.69 Å². The highest BCUT2D eigenvalue weighted by Crippen LogP contribution is 2.39. The minimum Gasteiger partial charge on any atom is -0.506 e. The molecule has 4 aromatic rings. The van der Waals surface area contributed by atoms with Gasteiger partial charge in [-0.15, -0.1) is 0 Å². The van der Waals surface area contributed by atoms with Crippen LogP contribution in [0.3, 0.4) is 0 Å². The molecule has 6 nitrogen and oxygen atoms in total. The van der Waals surface area contributed by atoms with Gasteiger partial charge in [0.15, 0.2) is 5.78 Å². The number of non-ortho nitro benzene ring substituents is 1. The van der Waals surface area contributed by atoms with Gasteiger partial charge in [0.05, 0.1) is 16.6 Å². The predicted molar refractivity (Wildman–Crippen MR) is 118 cm³/mol. The van der Waals surface area contributed by atoms with Crippen LogP contribution >= 0.6 is 0 Å². The smallest absolute Gasteiger partial charge is 0.271 e. The third kappa shape index (κ3) is 3.14. The molecule has 1 unspecified atom stereocenters. The SMILES string of the molecule is O=C1c2ccccc2C(=Nc2cc([N+](=O)[O-])ccc2O)C1c1ccc2ccccc2c1. The van der Waals surface area contributed by atoms with Crippen LogP contribution in [-0.2, 0) is 0 Å². The van der Waals surface area contributed by atoms with Gasteiger partial charge in [-0.3, -0.25) is 14.9 Å². The maximum Gasteiger partial charge on any atom is 0.271 e. The molecule has 5 rings (SSSR count). The number of hydrogen-bond donors (Lipinski definition) is 1. The Morgan fingerprint density at radius 1 is 0.839 bits per heavy atom. The molecule has 0 spiro atoms. The maximum atomic E-state index is 13.3. The van der Waals surface area contributed by atoms with E-state index in [1.54, 1.807) is 12.1 Å². The number of fused-ring (bicyclic) bond motifs is 2. The van der Waals surface area contributed by atoms with Crippen LogP contribution in [0.4, 0.5) is 11.4 Å². The zero-order valence-corrected chi connectivity index (χ0v) is 16.2. The maximum absolute atomic E-state index is 13.3. The lowest BCUT2D eigenvalue weighted by atomic mass is 9.91. The molecule has 1 aliphatic carbocycles. The van der Waals surface area contributed by atoms with Gasteiger partial charge >= 0.3 is 0 Å². The van der Waals surface area contributed by atoms with E-state index in [1.165, 1.54) is 18.2 Å². The molecule has 0 aliphatic heterocycles. The molecular weight excluding hydrogens is 392 g/mol. The highest BCUT2D eigenvalue weighted by Gasteiger charge is 2.37. The molecule has 0 aromatic heterocycles. The minimum absolute atomic E-state index is 0.0551. The Morgan fingerprint density at radius 2 is 1.55 bits per heavy atom. The van der Waals surface area contributed by atoms with Crippen molar-refractivity contribution >= 4 is 33.6 Å². The topological polar surface area (TPSA) is 92.8 Å². The number of nitro groups is 1. The van der Waals surface area contributed by atoms with Crippen LogP contribution in [0.2, 0.25) is 0 Å². The van der Waals surface area contributed by atoms with E-state index in [1.807, 2.05) is 54.6 Å². The number of phenolic OH excluding ortho intramolecular Hbond substituents is 1. The number of nitrogens with zero attached hydrogens (tertiary/aromatic N) is 2. The number of nitro benzene ring substituents is 1. The first kappa shape index (κ1) is 18.7. The van der Waals surface area contributed by atoms with Crippen LogP contribution in [-0.4, -0.2) is 21.5 Å². The Balaban J connectivity index is 1.72. The highest BCUT2D eigenvalue weighted by atomic mass is 16.6. The number of aliphatic imine (C=N–C) groups is 1. The van der Waals surface area contributed by atoms with Crippen molar-refractivity contribution < 1.29 is 14.8 Å². The predicted octanol–water partition coefficient (Wildman–Crippen LogP) is 5.55. The standard InChI is InChI=1S/C25H16N2O4/c28-22-12-11-18(27(30)31)14-21(22)26-24-19-7-3-4-8-20(19)25(29)23(24)17-10-9-15-5-1-2-6-16(15)13-17/h1-14,23,28H. The lowest BCUT2D eigenvalue weighted by Gasteiger charge is -2.13. The number of Topliss-reactive ketones (excluding diaryl/α,β-unsaturated/α-hetero) is 1. The second-order valence-corrected chi connectivity index (χ2v) is 7.38. The van der Waals surface area contributed by atoms with E-state index in [9.17, 15) is 20.0 Å². The van der Waals surface area contributed by atoms with Gasteiger partial charge in [-0.05, 0) is 22.4 Å². The van der Waals surface area contributed by atoms with E-state index in [4.69, 9.17) is 0 Å². The van der Waals surface area contributed by atoms with Gasteiger partial charge in [0, 0.05) is 23.3 Å². The van der Waals surface area contributed by atoms with Crippen LogP contribution in [0.1, 0.15) is 27.4 Å². The van der Waals surface area contributed by atoms with Crippen molar-refractivity contribution in [2.24, 2.45) is 4.99 Å². The molecule has 1 aliphatic rings. The summed E-state index contributed by atoms with van der Waals surface area (Å²) in [5, 5.41) is 23.5. The number of carbonyl (C=O) groups excluding carboxylic acids is 1. The van der Waals surface area contributed by atoms with Gasteiger partial charge in [-0.1, -0.05) is 66.7 Å². The first-order chi connectivity index (χ1) is 15.0. The molecule has 0 fully saturated rings. The zero-order valence-electron chi connectivity index (χ0n) is 16.2. The molecule has 31 heavy (non-hydrogen) atoms. The van der Waals surface area contributed by atoms with Crippen molar-refractivity contribution in [3.05, 3.63) is 112 Å². The van der Waals surface area contributed by atoms with Crippen LogP contribution in [0.25, 0.3) is 10.8 Å². The summed E-state index contributed by atoms with van der Waals surface area (Å²) >= 11 is 0.